The molecule has 9 heteroatoms. The number of pyridine rings is 1. The van der Waals surface area contributed by atoms with E-state index in [-0.39, 0.29) is 11.7 Å². The summed E-state index contributed by atoms with van der Waals surface area (Å²) in [5, 5.41) is 8.66. The third-order valence-electron chi connectivity index (χ3n) is 6.12. The third kappa shape index (κ3) is 4.02. The van der Waals surface area contributed by atoms with Crippen LogP contribution in [-0.2, 0) is 0 Å². The molecule has 0 spiro atoms. The van der Waals surface area contributed by atoms with Gasteiger partial charge in [-0.25, -0.2) is 9.37 Å². The van der Waals surface area contributed by atoms with Crippen LogP contribution in [0.3, 0.4) is 0 Å². The molecule has 1 aliphatic rings. The lowest BCUT2D eigenvalue weighted by molar-refractivity contribution is 0.0591. The maximum atomic E-state index is 14.1. The number of thiazole rings is 1. The molecule has 170 valence electrons. The lowest BCUT2D eigenvalue weighted by Crippen LogP contribution is -2.50. The molecule has 33 heavy (non-hydrogen) atoms. The second-order valence-corrected chi connectivity index (χ2v) is 9.58. The Morgan fingerprint density at radius 1 is 1.21 bits per heavy atom. The summed E-state index contributed by atoms with van der Waals surface area (Å²) in [5.41, 5.74) is 3.30. The molecule has 4 aromatic rings. The normalized spacial score (nSPS) is 15.0. The van der Waals surface area contributed by atoms with Gasteiger partial charge in [-0.05, 0) is 44.5 Å². The molecule has 1 fully saturated rings. The van der Waals surface area contributed by atoms with Crippen molar-refractivity contribution in [1.29, 1.82) is 0 Å². The topological polar surface area (TPSA) is 78.0 Å². The van der Waals surface area contributed by atoms with Crippen LogP contribution in [0.25, 0.3) is 32.0 Å². The Bertz CT molecular complexity index is 1310. The van der Waals surface area contributed by atoms with Crippen LogP contribution >= 0.6 is 11.3 Å². The average Bonchev–Trinajstić information content (AvgIpc) is 3.44. The summed E-state index contributed by atoms with van der Waals surface area (Å²) >= 11 is 1.38. The van der Waals surface area contributed by atoms with Crippen molar-refractivity contribution < 1.29 is 9.18 Å². The summed E-state index contributed by atoms with van der Waals surface area (Å²) in [4.78, 5) is 27.5. The van der Waals surface area contributed by atoms with Crippen LogP contribution in [0.5, 0.6) is 0 Å². The zero-order valence-corrected chi connectivity index (χ0v) is 19.6. The number of benzene rings is 1. The van der Waals surface area contributed by atoms with Crippen molar-refractivity contribution in [1.82, 2.24) is 30.0 Å². The number of hydrogen-bond donors (Lipinski definition) is 1. The second kappa shape index (κ2) is 8.64. The van der Waals surface area contributed by atoms with Gasteiger partial charge in [0.1, 0.15) is 22.2 Å². The fourth-order valence-electron chi connectivity index (χ4n) is 4.26. The van der Waals surface area contributed by atoms with E-state index >= 15 is 0 Å². The Hall–Kier alpha value is -3.17. The lowest BCUT2D eigenvalue weighted by Gasteiger charge is -2.36. The van der Waals surface area contributed by atoms with Crippen LogP contribution in [0.2, 0.25) is 0 Å². The van der Waals surface area contributed by atoms with Gasteiger partial charge in [0.05, 0.1) is 10.4 Å². The molecule has 1 amide bonds. The van der Waals surface area contributed by atoms with Crippen molar-refractivity contribution in [3.63, 3.8) is 0 Å². The van der Waals surface area contributed by atoms with Gasteiger partial charge in [0, 0.05) is 55.6 Å². The quantitative estimate of drug-likeness (QED) is 0.486. The molecule has 4 heterocycles. The highest BCUT2D eigenvalue weighted by Crippen LogP contribution is 2.38. The van der Waals surface area contributed by atoms with Crippen molar-refractivity contribution in [2.24, 2.45) is 0 Å². The van der Waals surface area contributed by atoms with Crippen LogP contribution in [0.4, 0.5) is 4.39 Å². The molecule has 0 atom stereocenters. The number of nitrogens with zero attached hydrogens (tertiary/aromatic N) is 5. The van der Waals surface area contributed by atoms with E-state index in [1.807, 2.05) is 24.0 Å². The number of aromatic amines is 1. The van der Waals surface area contributed by atoms with E-state index in [1.165, 1.54) is 23.5 Å². The van der Waals surface area contributed by atoms with Crippen molar-refractivity contribution in [3.8, 4) is 21.1 Å². The molecule has 1 aromatic carbocycles. The molecule has 1 aliphatic heterocycles. The van der Waals surface area contributed by atoms with Gasteiger partial charge >= 0.3 is 0 Å². The van der Waals surface area contributed by atoms with Crippen LogP contribution in [-0.4, -0.2) is 68.1 Å². The van der Waals surface area contributed by atoms with E-state index in [1.54, 1.807) is 12.4 Å². The summed E-state index contributed by atoms with van der Waals surface area (Å²) in [6.45, 7) is 9.17. The lowest BCUT2D eigenvalue weighted by atomic mass is 10.1. The summed E-state index contributed by atoms with van der Waals surface area (Å²) in [5.74, 6) is -0.423. The van der Waals surface area contributed by atoms with Crippen molar-refractivity contribution in [3.05, 3.63) is 53.7 Å². The molecule has 0 radical (unpaired) electrons. The molecule has 0 unspecified atom stereocenters. The van der Waals surface area contributed by atoms with Crippen LogP contribution in [0.15, 0.2) is 36.7 Å². The number of amides is 1. The van der Waals surface area contributed by atoms with Gasteiger partial charge in [0.2, 0.25) is 0 Å². The van der Waals surface area contributed by atoms with Crippen LogP contribution in [0, 0.1) is 12.7 Å². The second-order valence-electron chi connectivity index (χ2n) is 8.58. The smallest absolute Gasteiger partial charge is 0.274 e. The number of carbonyl (C=O) groups excluding carboxylic acids is 1. The minimum absolute atomic E-state index is 0.0954. The van der Waals surface area contributed by atoms with E-state index in [2.05, 4.69) is 33.9 Å². The van der Waals surface area contributed by atoms with Gasteiger partial charge in [-0.3, -0.25) is 19.8 Å². The van der Waals surface area contributed by atoms with Crippen LogP contribution < -0.4 is 0 Å². The van der Waals surface area contributed by atoms with E-state index in [9.17, 15) is 9.18 Å². The first-order chi connectivity index (χ1) is 15.9. The molecule has 0 saturated carbocycles. The standard InChI is InChI=1S/C24H25FN6OS/c1-14(2)30-7-9-31(10-8-30)24(32)21-22(16-5-4-6-26-13-16)33-23(27-21)20-18-12-17(25)11-15(3)19(18)28-29-20/h4-6,11-14H,7-10H2,1-3H3,(H,28,29). The number of nitrogens with one attached hydrogen (secondary N) is 1. The Morgan fingerprint density at radius 2 is 2.00 bits per heavy atom. The number of H-pyrrole nitrogens is 1. The Morgan fingerprint density at radius 3 is 2.70 bits per heavy atom. The molecular formula is C24H25FN6OS. The zero-order chi connectivity index (χ0) is 23.1. The SMILES string of the molecule is Cc1cc(F)cc2c(-c3nc(C(=O)N4CCN(C(C)C)CC4)c(-c4cccnc4)s3)n[nH]c12. The summed E-state index contributed by atoms with van der Waals surface area (Å²) in [6.07, 6.45) is 3.43. The predicted molar refractivity (Wildman–Crippen MR) is 128 cm³/mol. The van der Waals surface area contributed by atoms with Gasteiger partial charge in [-0.1, -0.05) is 6.07 Å². The average molecular weight is 465 g/mol. The Balaban J connectivity index is 1.57. The molecule has 3 aromatic heterocycles. The molecule has 1 N–H and O–H groups in total. The number of rotatable bonds is 4. The molecule has 0 bridgehead atoms. The van der Waals surface area contributed by atoms with Crippen molar-refractivity contribution in [2.75, 3.05) is 26.2 Å². The number of aromatic nitrogens is 4. The van der Waals surface area contributed by atoms with Gasteiger partial charge in [-0.2, -0.15) is 5.10 Å². The largest absolute Gasteiger partial charge is 0.335 e. The van der Waals surface area contributed by atoms with E-state index < -0.39 is 0 Å². The summed E-state index contributed by atoms with van der Waals surface area (Å²) < 4.78 is 14.1. The highest BCUT2D eigenvalue weighted by molar-refractivity contribution is 7.18. The van der Waals surface area contributed by atoms with Crippen molar-refractivity contribution >= 4 is 28.1 Å². The maximum Gasteiger partial charge on any atom is 0.274 e. The molecule has 7 nitrogen and oxygen atoms in total. The number of fused-ring (bicyclic) bond motifs is 1. The van der Waals surface area contributed by atoms with Gasteiger partial charge < -0.3 is 4.90 Å². The number of hydrogen-bond acceptors (Lipinski definition) is 6. The summed E-state index contributed by atoms with van der Waals surface area (Å²) in [6, 6.07) is 7.14. The van der Waals surface area contributed by atoms with Gasteiger partial charge in [0.25, 0.3) is 5.91 Å². The molecule has 0 aliphatic carbocycles. The van der Waals surface area contributed by atoms with Crippen molar-refractivity contribution in [2.45, 2.75) is 26.8 Å². The monoisotopic (exact) mass is 464 g/mol. The van der Waals surface area contributed by atoms with E-state index in [4.69, 9.17) is 4.98 Å². The molecular weight excluding hydrogens is 439 g/mol. The summed E-state index contributed by atoms with van der Waals surface area (Å²) in [7, 11) is 0. The first-order valence-electron chi connectivity index (χ1n) is 11.0. The highest BCUT2D eigenvalue weighted by atomic mass is 32.1. The Labute approximate surface area is 195 Å². The van der Waals surface area contributed by atoms with Crippen LogP contribution in [0.1, 0.15) is 29.9 Å². The Kier molecular flexibility index (Phi) is 5.67. The molecule has 1 saturated heterocycles. The van der Waals surface area contributed by atoms with E-state index in [0.717, 1.165) is 34.6 Å². The zero-order valence-electron chi connectivity index (χ0n) is 18.8. The first-order valence-corrected chi connectivity index (χ1v) is 11.8. The fraction of sp³-hybridized carbons (Fsp3) is 0.333. The minimum atomic E-state index is -0.328. The predicted octanol–water partition coefficient (Wildman–Crippen LogP) is 4.36. The first kappa shape index (κ1) is 21.7. The van der Waals surface area contributed by atoms with Gasteiger partial charge in [0.15, 0.2) is 0 Å². The third-order valence-corrected chi connectivity index (χ3v) is 7.23. The van der Waals surface area contributed by atoms with E-state index in [0.29, 0.717) is 40.9 Å². The number of aryl methyl sites for hydroxylation is 1. The number of halogens is 1. The highest BCUT2D eigenvalue weighted by Gasteiger charge is 2.29. The number of carbonyl (C=O) groups is 1. The minimum Gasteiger partial charge on any atom is -0.335 e. The fourth-order valence-corrected chi connectivity index (χ4v) is 5.31. The maximum absolute atomic E-state index is 14.1. The molecule has 5 rings (SSSR count). The van der Waals surface area contributed by atoms with Gasteiger partial charge in [-0.15, -0.1) is 11.3 Å². The number of piperazine rings is 1.